The van der Waals surface area contributed by atoms with Crippen LogP contribution in [0.5, 0.6) is 0 Å². The minimum absolute atomic E-state index is 0.00481. The molecule has 5 nitrogen and oxygen atoms in total. The normalized spacial score (nSPS) is 15.5. The Morgan fingerprint density at radius 2 is 2.05 bits per heavy atom. The number of nitrogens with one attached hydrogen (secondary N) is 1. The largest absolute Gasteiger partial charge is 0.379 e. The summed E-state index contributed by atoms with van der Waals surface area (Å²) in [6, 6.07) is -0.00726. The van der Waals surface area contributed by atoms with Crippen molar-refractivity contribution >= 4 is 11.6 Å². The van der Waals surface area contributed by atoms with Crippen LogP contribution < -0.4 is 5.32 Å². The van der Waals surface area contributed by atoms with Crippen molar-refractivity contribution in [3.8, 4) is 0 Å². The van der Waals surface area contributed by atoms with Crippen LogP contribution in [-0.4, -0.2) is 55.6 Å². The molecule has 2 atom stereocenters. The second-order valence-electron chi connectivity index (χ2n) is 6.69. The Balaban J connectivity index is 3.12. The summed E-state index contributed by atoms with van der Waals surface area (Å²) in [5, 5.41) is 8.44. The summed E-state index contributed by atoms with van der Waals surface area (Å²) in [5.41, 5.74) is 0.977. The van der Waals surface area contributed by atoms with Crippen molar-refractivity contribution in [2.45, 2.75) is 39.5 Å². The first-order chi connectivity index (χ1) is 9.72. The predicted octanol–water partition coefficient (Wildman–Crippen LogP) is 2.42. The minimum atomic E-state index is -0.0115. The molecule has 0 radical (unpaired) electrons. The third kappa shape index (κ3) is 4.68. The second kappa shape index (κ2) is 7.58. The van der Waals surface area contributed by atoms with Crippen molar-refractivity contribution in [3.05, 3.63) is 16.9 Å². The molecule has 1 aromatic rings. The molecule has 0 spiro atoms. The maximum atomic E-state index is 6.39. The van der Waals surface area contributed by atoms with Gasteiger partial charge in [0.1, 0.15) is 0 Å². The highest BCUT2D eigenvalue weighted by Crippen LogP contribution is 2.35. The monoisotopic (exact) mass is 316 g/mol. The van der Waals surface area contributed by atoms with E-state index in [0.29, 0.717) is 5.02 Å². The van der Waals surface area contributed by atoms with Crippen molar-refractivity contribution in [1.82, 2.24) is 20.0 Å². The van der Waals surface area contributed by atoms with Crippen LogP contribution in [0.2, 0.25) is 5.02 Å². The van der Waals surface area contributed by atoms with Crippen LogP contribution in [0.15, 0.2) is 6.20 Å². The zero-order valence-corrected chi connectivity index (χ0v) is 15.0. The molecule has 1 rings (SSSR count). The summed E-state index contributed by atoms with van der Waals surface area (Å²) in [5.74, 6) is 0. The Morgan fingerprint density at radius 3 is 2.48 bits per heavy atom. The summed E-state index contributed by atoms with van der Waals surface area (Å²) < 4.78 is 7.73. The van der Waals surface area contributed by atoms with Crippen LogP contribution in [0.3, 0.4) is 0 Å². The molecule has 122 valence electrons. The zero-order chi connectivity index (χ0) is 16.2. The first-order valence-electron chi connectivity index (χ1n) is 7.28. The zero-order valence-electron chi connectivity index (χ0n) is 14.3. The van der Waals surface area contributed by atoms with Crippen molar-refractivity contribution < 1.29 is 4.74 Å². The van der Waals surface area contributed by atoms with Crippen LogP contribution in [0.25, 0.3) is 0 Å². The maximum absolute atomic E-state index is 6.39. The highest BCUT2D eigenvalue weighted by atomic mass is 35.5. The van der Waals surface area contributed by atoms with Gasteiger partial charge in [-0.3, -0.25) is 4.68 Å². The van der Waals surface area contributed by atoms with Gasteiger partial charge in [0.05, 0.1) is 35.6 Å². The molecule has 0 saturated carbocycles. The topological polar surface area (TPSA) is 42.3 Å². The van der Waals surface area contributed by atoms with Gasteiger partial charge in [-0.25, -0.2) is 0 Å². The molecule has 0 aliphatic heterocycles. The van der Waals surface area contributed by atoms with Gasteiger partial charge < -0.3 is 15.0 Å². The fraction of sp³-hybridized carbons (Fsp3) is 0.800. The van der Waals surface area contributed by atoms with E-state index < -0.39 is 0 Å². The lowest BCUT2D eigenvalue weighted by molar-refractivity contribution is -0.0122. The summed E-state index contributed by atoms with van der Waals surface area (Å²) >= 11 is 6.39. The molecule has 0 amide bonds. The number of likely N-dealkylation sites (N-methyl/N-ethyl adjacent to an activating group) is 2. The Hall–Kier alpha value is -0.620. The summed E-state index contributed by atoms with van der Waals surface area (Å²) in [6.45, 7) is 8.21. The van der Waals surface area contributed by atoms with Crippen LogP contribution in [0.4, 0.5) is 0 Å². The highest BCUT2D eigenvalue weighted by Gasteiger charge is 2.35. The molecule has 2 unspecified atom stereocenters. The molecule has 0 bridgehead atoms. The van der Waals surface area contributed by atoms with Crippen molar-refractivity contribution in [2.24, 2.45) is 5.41 Å². The number of hydrogen-bond acceptors (Lipinski definition) is 4. The average Bonchev–Trinajstić information content (AvgIpc) is 2.73. The Kier molecular flexibility index (Phi) is 6.66. The molecule has 6 heteroatoms. The third-order valence-corrected chi connectivity index (χ3v) is 3.90. The van der Waals surface area contributed by atoms with E-state index in [9.17, 15) is 0 Å². The lowest BCUT2D eigenvalue weighted by Gasteiger charge is -2.36. The van der Waals surface area contributed by atoms with Gasteiger partial charge in [0.2, 0.25) is 0 Å². The Morgan fingerprint density at radius 1 is 1.43 bits per heavy atom. The number of ether oxygens (including phenoxy) is 1. The van der Waals surface area contributed by atoms with Crippen molar-refractivity contribution in [3.63, 3.8) is 0 Å². The van der Waals surface area contributed by atoms with E-state index in [1.807, 2.05) is 25.8 Å². The Labute approximate surface area is 133 Å². The molecule has 21 heavy (non-hydrogen) atoms. The quantitative estimate of drug-likeness (QED) is 0.839. The van der Waals surface area contributed by atoms with Crippen molar-refractivity contribution in [1.29, 1.82) is 0 Å². The number of methoxy groups -OCH3 is 1. The van der Waals surface area contributed by atoms with Gasteiger partial charge in [-0.1, -0.05) is 32.4 Å². The molecule has 0 aromatic carbocycles. The number of aromatic nitrogens is 2. The summed E-state index contributed by atoms with van der Waals surface area (Å²) in [4.78, 5) is 2.13. The van der Waals surface area contributed by atoms with Gasteiger partial charge in [-0.15, -0.1) is 0 Å². The highest BCUT2D eigenvalue weighted by molar-refractivity contribution is 6.31. The lowest BCUT2D eigenvalue weighted by atomic mass is 9.83. The van der Waals surface area contributed by atoms with Gasteiger partial charge in [0.15, 0.2) is 0 Å². The first kappa shape index (κ1) is 18.4. The van der Waals surface area contributed by atoms with E-state index in [2.05, 4.69) is 36.1 Å². The fourth-order valence-corrected chi connectivity index (χ4v) is 2.83. The van der Waals surface area contributed by atoms with Gasteiger partial charge in [0.25, 0.3) is 0 Å². The molecule has 0 aliphatic carbocycles. The predicted molar refractivity (Wildman–Crippen MR) is 87.8 cm³/mol. The average molecular weight is 317 g/mol. The van der Waals surface area contributed by atoms with Crippen LogP contribution >= 0.6 is 11.6 Å². The molecule has 0 aliphatic rings. The smallest absolute Gasteiger partial charge is 0.0835 e. The van der Waals surface area contributed by atoms with Crippen molar-refractivity contribution in [2.75, 3.05) is 34.8 Å². The van der Waals surface area contributed by atoms with Gasteiger partial charge in [-0.05, 0) is 26.6 Å². The van der Waals surface area contributed by atoms with Crippen LogP contribution in [0.1, 0.15) is 32.5 Å². The molecule has 1 heterocycles. The molecule has 1 N–H and O–H groups in total. The Bertz CT molecular complexity index is 439. The maximum Gasteiger partial charge on any atom is 0.0835 e. The van der Waals surface area contributed by atoms with E-state index >= 15 is 0 Å². The number of rotatable bonds is 7. The second-order valence-corrected chi connectivity index (χ2v) is 7.10. The minimum Gasteiger partial charge on any atom is -0.379 e. The van der Waals surface area contributed by atoms with E-state index in [1.54, 1.807) is 13.3 Å². The van der Waals surface area contributed by atoms with E-state index in [0.717, 1.165) is 18.8 Å². The molecule has 1 aromatic heterocycles. The number of nitrogens with zero attached hydrogens (tertiary/aromatic N) is 3. The van der Waals surface area contributed by atoms with E-state index in [-0.39, 0.29) is 17.6 Å². The standard InChI is InChI=1S/C15H29ClN4O/c1-15(2,3)14(21-7)12(17-4)13-11(16)10-18-20(13)9-8-19(5)6/h10,12,14,17H,8-9H2,1-7H3. The SMILES string of the molecule is CNC(c1c(Cl)cnn1CCN(C)C)C(OC)C(C)(C)C. The van der Waals surface area contributed by atoms with Gasteiger partial charge in [0, 0.05) is 13.7 Å². The van der Waals surface area contributed by atoms with Gasteiger partial charge in [-0.2, -0.15) is 5.10 Å². The van der Waals surface area contributed by atoms with E-state index in [4.69, 9.17) is 16.3 Å². The van der Waals surface area contributed by atoms with Crippen LogP contribution in [0, 0.1) is 5.41 Å². The fourth-order valence-electron chi connectivity index (χ4n) is 2.58. The first-order valence-corrected chi connectivity index (χ1v) is 7.66. The van der Waals surface area contributed by atoms with Crippen LogP contribution in [-0.2, 0) is 11.3 Å². The number of halogens is 1. The van der Waals surface area contributed by atoms with E-state index in [1.165, 1.54) is 0 Å². The summed E-state index contributed by atoms with van der Waals surface area (Å²) in [7, 11) is 7.78. The molecular formula is C15H29ClN4O. The number of hydrogen-bond donors (Lipinski definition) is 1. The third-order valence-electron chi connectivity index (χ3n) is 3.61. The molecule has 0 fully saturated rings. The lowest BCUT2D eigenvalue weighted by Crippen LogP contribution is -2.41. The summed E-state index contributed by atoms with van der Waals surface area (Å²) in [6.07, 6.45) is 1.71. The molecule has 0 saturated heterocycles. The molecular weight excluding hydrogens is 288 g/mol. The van der Waals surface area contributed by atoms with Gasteiger partial charge >= 0.3 is 0 Å².